The van der Waals surface area contributed by atoms with Crippen molar-refractivity contribution in [2.24, 2.45) is 5.92 Å². The first kappa shape index (κ1) is 14.4. The van der Waals surface area contributed by atoms with Crippen molar-refractivity contribution in [1.82, 2.24) is 9.88 Å². The minimum absolute atomic E-state index is 0.558. The third kappa shape index (κ3) is 3.56. The minimum atomic E-state index is 0.558. The molecule has 1 aliphatic rings. The van der Waals surface area contributed by atoms with Gasteiger partial charge in [-0.2, -0.15) is 0 Å². The van der Waals surface area contributed by atoms with Crippen LogP contribution in [-0.2, 0) is 6.54 Å². The summed E-state index contributed by atoms with van der Waals surface area (Å²) in [4.78, 5) is 0. The van der Waals surface area contributed by atoms with E-state index in [0.717, 1.165) is 19.0 Å². The lowest BCUT2D eigenvalue weighted by Gasteiger charge is -2.16. The molecular weight excluding hydrogens is 256 g/mol. The van der Waals surface area contributed by atoms with Gasteiger partial charge in [0.1, 0.15) is 0 Å². The van der Waals surface area contributed by atoms with Crippen LogP contribution in [0.3, 0.4) is 0 Å². The molecule has 0 aliphatic heterocycles. The quantitative estimate of drug-likeness (QED) is 0.801. The highest BCUT2D eigenvalue weighted by Crippen LogP contribution is 2.41. The molecule has 0 bridgehead atoms. The van der Waals surface area contributed by atoms with Gasteiger partial charge in [0.15, 0.2) is 0 Å². The fraction of sp³-hybridized carbons (Fsp3) is 0.474. The molecule has 112 valence electrons. The van der Waals surface area contributed by atoms with Crippen molar-refractivity contribution in [2.45, 2.75) is 45.7 Å². The van der Waals surface area contributed by atoms with Crippen LogP contribution in [0.1, 0.15) is 48.9 Å². The number of hydrogen-bond donors (Lipinski definition) is 1. The third-order valence-corrected chi connectivity index (χ3v) is 4.45. The summed E-state index contributed by atoms with van der Waals surface area (Å²) in [5.74, 6) is 0.853. The molecule has 1 fully saturated rings. The second-order valence-electron chi connectivity index (χ2n) is 6.31. The van der Waals surface area contributed by atoms with Gasteiger partial charge < -0.3 is 9.88 Å². The zero-order chi connectivity index (χ0) is 14.7. The number of nitrogens with zero attached hydrogens (tertiary/aromatic N) is 1. The Balaban J connectivity index is 1.71. The standard InChI is InChI=1S/C19H26N2/c1-3-11-20-19(16-8-9-16)18-10-12-21(14-18)13-17-7-5-4-6-15(17)2/h4-7,10,12,14,16,19-20H,3,8-9,11,13H2,1-2H3. The smallest absolute Gasteiger partial charge is 0.0472 e. The summed E-state index contributed by atoms with van der Waals surface area (Å²) in [6.07, 6.45) is 8.52. The second kappa shape index (κ2) is 6.48. The van der Waals surface area contributed by atoms with Crippen molar-refractivity contribution in [1.29, 1.82) is 0 Å². The SMILES string of the molecule is CCCNC(c1ccn(Cc2ccccc2C)c1)C1CC1. The topological polar surface area (TPSA) is 17.0 Å². The lowest BCUT2D eigenvalue weighted by atomic mass is 10.1. The van der Waals surface area contributed by atoms with E-state index in [1.165, 1.54) is 36.0 Å². The predicted octanol–water partition coefficient (Wildman–Crippen LogP) is 4.30. The molecule has 1 unspecified atom stereocenters. The molecule has 1 N–H and O–H groups in total. The van der Waals surface area contributed by atoms with Crippen LogP contribution < -0.4 is 5.32 Å². The van der Waals surface area contributed by atoms with E-state index in [2.05, 4.69) is 66.5 Å². The number of benzene rings is 1. The maximum atomic E-state index is 3.72. The highest BCUT2D eigenvalue weighted by molar-refractivity contribution is 5.27. The fourth-order valence-corrected chi connectivity index (χ4v) is 3.01. The highest BCUT2D eigenvalue weighted by atomic mass is 15.0. The summed E-state index contributed by atoms with van der Waals surface area (Å²) in [6.45, 7) is 6.51. The van der Waals surface area contributed by atoms with Gasteiger partial charge >= 0.3 is 0 Å². The van der Waals surface area contributed by atoms with Gasteiger partial charge in [-0.1, -0.05) is 31.2 Å². The molecule has 2 heteroatoms. The monoisotopic (exact) mass is 282 g/mol. The summed E-state index contributed by atoms with van der Waals surface area (Å²) in [5, 5.41) is 3.72. The summed E-state index contributed by atoms with van der Waals surface area (Å²) < 4.78 is 2.32. The predicted molar refractivity (Wildman–Crippen MR) is 88.5 cm³/mol. The number of aryl methyl sites for hydroxylation is 1. The molecule has 3 rings (SSSR count). The Labute approximate surface area is 128 Å². The maximum Gasteiger partial charge on any atom is 0.0472 e. The Morgan fingerprint density at radius 3 is 2.76 bits per heavy atom. The van der Waals surface area contributed by atoms with E-state index < -0.39 is 0 Å². The molecule has 1 saturated carbocycles. The minimum Gasteiger partial charge on any atom is -0.350 e. The Bertz CT molecular complexity index is 581. The number of nitrogens with one attached hydrogen (secondary N) is 1. The van der Waals surface area contributed by atoms with Crippen LogP contribution in [0.25, 0.3) is 0 Å². The average Bonchev–Trinajstić information content (AvgIpc) is 3.22. The zero-order valence-corrected chi connectivity index (χ0v) is 13.2. The van der Waals surface area contributed by atoms with Gasteiger partial charge in [-0.05, 0) is 61.4 Å². The summed E-state index contributed by atoms with van der Waals surface area (Å²) in [7, 11) is 0. The van der Waals surface area contributed by atoms with E-state index in [9.17, 15) is 0 Å². The van der Waals surface area contributed by atoms with Gasteiger partial charge in [-0.3, -0.25) is 0 Å². The molecule has 21 heavy (non-hydrogen) atoms. The normalized spacial score (nSPS) is 16.1. The van der Waals surface area contributed by atoms with Crippen LogP contribution >= 0.6 is 0 Å². The lowest BCUT2D eigenvalue weighted by Crippen LogP contribution is -2.23. The van der Waals surface area contributed by atoms with Crippen molar-refractivity contribution in [3.05, 3.63) is 59.4 Å². The highest BCUT2D eigenvalue weighted by Gasteiger charge is 2.32. The molecule has 2 nitrogen and oxygen atoms in total. The van der Waals surface area contributed by atoms with Gasteiger partial charge in [0, 0.05) is 25.0 Å². The van der Waals surface area contributed by atoms with Gasteiger partial charge in [-0.15, -0.1) is 0 Å². The summed E-state index contributed by atoms with van der Waals surface area (Å²) in [5.41, 5.74) is 4.24. The molecule has 0 saturated heterocycles. The summed E-state index contributed by atoms with van der Waals surface area (Å²) in [6, 6.07) is 11.5. The van der Waals surface area contributed by atoms with Crippen LogP contribution in [0.5, 0.6) is 0 Å². The summed E-state index contributed by atoms with van der Waals surface area (Å²) >= 11 is 0. The second-order valence-corrected chi connectivity index (χ2v) is 6.31. The average molecular weight is 282 g/mol. The third-order valence-electron chi connectivity index (χ3n) is 4.45. The van der Waals surface area contributed by atoms with E-state index >= 15 is 0 Å². The van der Waals surface area contributed by atoms with Crippen molar-refractivity contribution in [3.63, 3.8) is 0 Å². The molecule has 1 heterocycles. The van der Waals surface area contributed by atoms with Crippen molar-refractivity contribution in [3.8, 4) is 0 Å². The fourth-order valence-electron chi connectivity index (χ4n) is 3.01. The first-order chi connectivity index (χ1) is 10.3. The number of rotatable bonds is 7. The molecule has 0 radical (unpaired) electrons. The first-order valence-electron chi connectivity index (χ1n) is 8.21. The van der Waals surface area contributed by atoms with Crippen molar-refractivity contribution < 1.29 is 0 Å². The largest absolute Gasteiger partial charge is 0.350 e. The Hall–Kier alpha value is -1.54. The van der Waals surface area contributed by atoms with Crippen LogP contribution in [0.15, 0.2) is 42.7 Å². The van der Waals surface area contributed by atoms with Gasteiger partial charge in [0.2, 0.25) is 0 Å². The molecule has 0 spiro atoms. The molecular formula is C19H26N2. The van der Waals surface area contributed by atoms with Gasteiger partial charge in [0.25, 0.3) is 0 Å². The lowest BCUT2D eigenvalue weighted by molar-refractivity contribution is 0.480. The first-order valence-corrected chi connectivity index (χ1v) is 8.21. The molecule has 1 aliphatic carbocycles. The van der Waals surface area contributed by atoms with E-state index in [-0.39, 0.29) is 0 Å². The van der Waals surface area contributed by atoms with Crippen LogP contribution in [-0.4, -0.2) is 11.1 Å². The van der Waals surface area contributed by atoms with Crippen LogP contribution in [0, 0.1) is 12.8 Å². The number of aromatic nitrogens is 1. The molecule has 1 aromatic carbocycles. The van der Waals surface area contributed by atoms with Crippen molar-refractivity contribution >= 4 is 0 Å². The van der Waals surface area contributed by atoms with Crippen molar-refractivity contribution in [2.75, 3.05) is 6.54 Å². The van der Waals surface area contributed by atoms with Crippen LogP contribution in [0.4, 0.5) is 0 Å². The van der Waals surface area contributed by atoms with Gasteiger partial charge in [0.05, 0.1) is 0 Å². The number of hydrogen-bond acceptors (Lipinski definition) is 1. The van der Waals surface area contributed by atoms with Crippen LogP contribution in [0.2, 0.25) is 0 Å². The maximum absolute atomic E-state index is 3.72. The Kier molecular flexibility index (Phi) is 4.45. The Morgan fingerprint density at radius 2 is 2.05 bits per heavy atom. The Morgan fingerprint density at radius 1 is 1.24 bits per heavy atom. The zero-order valence-electron chi connectivity index (χ0n) is 13.2. The van der Waals surface area contributed by atoms with Gasteiger partial charge in [-0.25, -0.2) is 0 Å². The van der Waals surface area contributed by atoms with E-state index in [0.29, 0.717) is 6.04 Å². The molecule has 1 aromatic heterocycles. The molecule has 1 atom stereocenters. The van der Waals surface area contributed by atoms with E-state index in [4.69, 9.17) is 0 Å². The van der Waals surface area contributed by atoms with E-state index in [1.807, 2.05) is 0 Å². The molecule has 0 amide bonds. The molecule has 2 aromatic rings. The van der Waals surface area contributed by atoms with E-state index in [1.54, 1.807) is 0 Å².